The smallest absolute Gasteiger partial charge is 0.251 e. The molecule has 0 spiro atoms. The highest BCUT2D eigenvalue weighted by Gasteiger charge is 2.03. The van der Waals surface area contributed by atoms with Crippen LogP contribution in [-0.4, -0.2) is 19.0 Å². The molecule has 1 amide bonds. The summed E-state index contributed by atoms with van der Waals surface area (Å²) in [6.45, 7) is 1.24. The number of amides is 1. The maximum atomic E-state index is 11.5. The Balaban J connectivity index is 2.52. The van der Waals surface area contributed by atoms with Gasteiger partial charge in [0.2, 0.25) is 0 Å². The van der Waals surface area contributed by atoms with Crippen LogP contribution >= 0.6 is 22.6 Å². The van der Waals surface area contributed by atoms with Crippen LogP contribution in [0.5, 0.6) is 0 Å². The van der Waals surface area contributed by atoms with Crippen LogP contribution < -0.4 is 11.1 Å². The standard InChI is InChI=1S/C10H13IN2O/c11-9-4-1-3-8(7-9)10(14)13-6-2-5-12/h1,3-4,7H,2,5-6,12H2,(H,13,14). The lowest BCUT2D eigenvalue weighted by Gasteiger charge is -2.04. The summed E-state index contributed by atoms with van der Waals surface area (Å²) in [4.78, 5) is 11.5. The fourth-order valence-corrected chi connectivity index (χ4v) is 1.58. The van der Waals surface area contributed by atoms with Gasteiger partial charge in [0, 0.05) is 15.7 Å². The Morgan fingerprint density at radius 1 is 1.50 bits per heavy atom. The van der Waals surface area contributed by atoms with Gasteiger partial charge in [-0.05, 0) is 53.8 Å². The molecular formula is C10H13IN2O. The Hall–Kier alpha value is -0.620. The first-order valence-electron chi connectivity index (χ1n) is 4.48. The lowest BCUT2D eigenvalue weighted by molar-refractivity contribution is 0.0953. The summed E-state index contributed by atoms with van der Waals surface area (Å²) >= 11 is 2.18. The second-order valence-corrected chi connectivity index (χ2v) is 4.15. The normalized spacial score (nSPS) is 9.86. The van der Waals surface area contributed by atoms with Crippen molar-refractivity contribution in [2.24, 2.45) is 5.73 Å². The monoisotopic (exact) mass is 304 g/mol. The van der Waals surface area contributed by atoms with Gasteiger partial charge in [-0.15, -0.1) is 0 Å². The molecular weight excluding hydrogens is 291 g/mol. The molecule has 14 heavy (non-hydrogen) atoms. The van der Waals surface area contributed by atoms with E-state index in [1.165, 1.54) is 0 Å². The third kappa shape index (κ3) is 3.63. The molecule has 0 saturated carbocycles. The molecule has 1 rings (SSSR count). The third-order valence-electron chi connectivity index (χ3n) is 1.75. The summed E-state index contributed by atoms with van der Waals surface area (Å²) in [7, 11) is 0. The molecule has 0 radical (unpaired) electrons. The van der Waals surface area contributed by atoms with Gasteiger partial charge in [-0.25, -0.2) is 0 Å². The van der Waals surface area contributed by atoms with Crippen LogP contribution in [0.25, 0.3) is 0 Å². The van der Waals surface area contributed by atoms with Crippen LogP contribution in [0.15, 0.2) is 24.3 Å². The molecule has 4 heteroatoms. The molecule has 0 aromatic heterocycles. The molecule has 76 valence electrons. The average molecular weight is 304 g/mol. The van der Waals surface area contributed by atoms with E-state index in [0.29, 0.717) is 18.7 Å². The fraction of sp³-hybridized carbons (Fsp3) is 0.300. The van der Waals surface area contributed by atoms with Gasteiger partial charge in [0.15, 0.2) is 0 Å². The minimum absolute atomic E-state index is 0.0306. The van der Waals surface area contributed by atoms with E-state index < -0.39 is 0 Å². The molecule has 0 heterocycles. The van der Waals surface area contributed by atoms with E-state index in [0.717, 1.165) is 9.99 Å². The van der Waals surface area contributed by atoms with E-state index in [1.807, 2.05) is 18.2 Å². The summed E-state index contributed by atoms with van der Waals surface area (Å²) in [5.41, 5.74) is 6.03. The van der Waals surface area contributed by atoms with Crippen LogP contribution in [0.3, 0.4) is 0 Å². The van der Waals surface area contributed by atoms with Crippen LogP contribution in [0.2, 0.25) is 0 Å². The lowest BCUT2D eigenvalue weighted by Crippen LogP contribution is -2.25. The van der Waals surface area contributed by atoms with Crippen molar-refractivity contribution < 1.29 is 4.79 Å². The van der Waals surface area contributed by atoms with E-state index in [-0.39, 0.29) is 5.91 Å². The number of hydrogen-bond donors (Lipinski definition) is 2. The SMILES string of the molecule is NCCCNC(=O)c1cccc(I)c1. The van der Waals surface area contributed by atoms with Gasteiger partial charge in [-0.2, -0.15) is 0 Å². The number of halogens is 1. The second-order valence-electron chi connectivity index (χ2n) is 2.91. The summed E-state index contributed by atoms with van der Waals surface area (Å²) < 4.78 is 1.06. The number of carbonyl (C=O) groups is 1. The van der Waals surface area contributed by atoms with E-state index >= 15 is 0 Å². The molecule has 0 fully saturated rings. The summed E-state index contributed by atoms with van der Waals surface area (Å²) in [6, 6.07) is 7.50. The zero-order chi connectivity index (χ0) is 10.4. The number of nitrogens with one attached hydrogen (secondary N) is 1. The molecule has 1 aromatic rings. The maximum absolute atomic E-state index is 11.5. The van der Waals surface area contributed by atoms with Gasteiger partial charge < -0.3 is 11.1 Å². The molecule has 0 aliphatic heterocycles. The third-order valence-corrected chi connectivity index (χ3v) is 2.42. The zero-order valence-electron chi connectivity index (χ0n) is 7.79. The largest absolute Gasteiger partial charge is 0.352 e. The van der Waals surface area contributed by atoms with Crippen LogP contribution in [-0.2, 0) is 0 Å². The second kappa shape index (κ2) is 5.98. The van der Waals surface area contributed by atoms with Gasteiger partial charge in [0.1, 0.15) is 0 Å². The van der Waals surface area contributed by atoms with Crippen molar-refractivity contribution in [1.82, 2.24) is 5.32 Å². The van der Waals surface area contributed by atoms with Crippen molar-refractivity contribution >= 4 is 28.5 Å². The Bertz CT molecular complexity index is 315. The van der Waals surface area contributed by atoms with Crippen molar-refractivity contribution in [3.63, 3.8) is 0 Å². The Labute approximate surface area is 97.2 Å². The molecule has 0 aliphatic carbocycles. The fourth-order valence-electron chi connectivity index (χ4n) is 1.04. The summed E-state index contributed by atoms with van der Waals surface area (Å²) in [6.07, 6.45) is 0.815. The average Bonchev–Trinajstić information content (AvgIpc) is 2.18. The van der Waals surface area contributed by atoms with Gasteiger partial charge in [-0.1, -0.05) is 6.07 Å². The first-order chi connectivity index (χ1) is 6.74. The van der Waals surface area contributed by atoms with Gasteiger partial charge >= 0.3 is 0 Å². The summed E-state index contributed by atoms with van der Waals surface area (Å²) in [5.74, 6) is -0.0306. The minimum Gasteiger partial charge on any atom is -0.352 e. The Kier molecular flexibility index (Phi) is 4.89. The first kappa shape index (κ1) is 11.5. The molecule has 3 nitrogen and oxygen atoms in total. The van der Waals surface area contributed by atoms with Crippen molar-refractivity contribution in [2.75, 3.05) is 13.1 Å². The number of rotatable bonds is 4. The van der Waals surface area contributed by atoms with E-state index in [1.54, 1.807) is 6.07 Å². The topological polar surface area (TPSA) is 55.1 Å². The number of benzene rings is 1. The van der Waals surface area contributed by atoms with Gasteiger partial charge in [0.05, 0.1) is 0 Å². The first-order valence-corrected chi connectivity index (χ1v) is 5.56. The molecule has 0 saturated heterocycles. The molecule has 0 bridgehead atoms. The predicted molar refractivity (Wildman–Crippen MR) is 65.2 cm³/mol. The van der Waals surface area contributed by atoms with E-state index in [9.17, 15) is 4.79 Å². The van der Waals surface area contributed by atoms with Gasteiger partial charge in [-0.3, -0.25) is 4.79 Å². The maximum Gasteiger partial charge on any atom is 0.251 e. The highest BCUT2D eigenvalue weighted by atomic mass is 127. The molecule has 0 aliphatic rings. The number of carbonyl (C=O) groups excluding carboxylic acids is 1. The highest BCUT2D eigenvalue weighted by Crippen LogP contribution is 2.07. The molecule has 1 aromatic carbocycles. The lowest BCUT2D eigenvalue weighted by atomic mass is 10.2. The summed E-state index contributed by atoms with van der Waals surface area (Å²) in [5, 5.41) is 2.80. The van der Waals surface area contributed by atoms with E-state index in [4.69, 9.17) is 5.73 Å². The Morgan fingerprint density at radius 2 is 2.29 bits per heavy atom. The van der Waals surface area contributed by atoms with E-state index in [2.05, 4.69) is 27.9 Å². The van der Waals surface area contributed by atoms with Crippen molar-refractivity contribution in [3.05, 3.63) is 33.4 Å². The van der Waals surface area contributed by atoms with Gasteiger partial charge in [0.25, 0.3) is 5.91 Å². The Morgan fingerprint density at radius 3 is 2.93 bits per heavy atom. The van der Waals surface area contributed by atoms with Crippen LogP contribution in [0.4, 0.5) is 0 Å². The van der Waals surface area contributed by atoms with Crippen molar-refractivity contribution in [1.29, 1.82) is 0 Å². The number of nitrogens with two attached hydrogens (primary N) is 1. The molecule has 3 N–H and O–H groups in total. The predicted octanol–water partition coefficient (Wildman–Crippen LogP) is 1.37. The minimum atomic E-state index is -0.0306. The number of hydrogen-bond acceptors (Lipinski definition) is 2. The molecule has 0 atom stereocenters. The zero-order valence-corrected chi connectivity index (χ0v) is 9.95. The quantitative estimate of drug-likeness (QED) is 0.652. The van der Waals surface area contributed by atoms with Crippen LogP contribution in [0, 0.1) is 3.57 Å². The highest BCUT2D eigenvalue weighted by molar-refractivity contribution is 14.1. The van der Waals surface area contributed by atoms with Crippen molar-refractivity contribution in [3.8, 4) is 0 Å². The van der Waals surface area contributed by atoms with Crippen molar-refractivity contribution in [2.45, 2.75) is 6.42 Å². The van der Waals surface area contributed by atoms with Crippen LogP contribution in [0.1, 0.15) is 16.8 Å². The molecule has 0 unspecified atom stereocenters.